The van der Waals surface area contributed by atoms with Crippen LogP contribution in [0.5, 0.6) is 18.0 Å². The Morgan fingerprint density at radius 3 is 2.15 bits per heavy atom. The van der Waals surface area contributed by atoms with Gasteiger partial charge in [-0.05, 0) is 37.1 Å². The molecule has 1 aromatic heterocycles. The van der Waals surface area contributed by atoms with Gasteiger partial charge in [-0.1, -0.05) is 38.2 Å². The molecular weight excluding hydrogens is 507 g/mol. The topological polar surface area (TPSA) is 113 Å². The van der Waals surface area contributed by atoms with E-state index >= 15 is 0 Å². The Kier molecular flexibility index (Phi) is 9.96. The molecule has 2 heterocycles. The van der Waals surface area contributed by atoms with Crippen LogP contribution in [0.2, 0.25) is 0 Å². The molecule has 0 N–H and O–H groups in total. The molecule has 2 aliphatic rings. The summed E-state index contributed by atoms with van der Waals surface area (Å²) in [6, 6.07) is 5.55. The zero-order chi connectivity index (χ0) is 27.6. The van der Waals surface area contributed by atoms with Crippen molar-refractivity contribution in [2.75, 3.05) is 39.5 Å². The van der Waals surface area contributed by atoms with E-state index in [0.29, 0.717) is 38.1 Å². The van der Waals surface area contributed by atoms with Gasteiger partial charge in [-0.15, -0.1) is 15.0 Å². The second-order valence-corrected chi connectivity index (χ2v) is 9.34. The van der Waals surface area contributed by atoms with E-state index in [-0.39, 0.29) is 49.5 Å². The molecule has 3 unspecified atom stereocenters. The quantitative estimate of drug-likeness (QED) is 0.295. The van der Waals surface area contributed by atoms with Crippen LogP contribution < -0.4 is 14.2 Å². The summed E-state index contributed by atoms with van der Waals surface area (Å²) in [6.45, 7) is 8.74. The number of rotatable bonds is 12. The number of aromatic nitrogens is 3. The first-order chi connectivity index (χ1) is 19.0. The zero-order valence-electron chi connectivity index (χ0n) is 21.8. The number of ketones is 1. The fraction of sp³-hybridized carbons (Fsp3) is 0.464. The van der Waals surface area contributed by atoms with E-state index in [0.717, 1.165) is 12.8 Å². The van der Waals surface area contributed by atoms with Gasteiger partial charge in [-0.3, -0.25) is 9.59 Å². The molecule has 208 valence electrons. The highest BCUT2D eigenvalue weighted by atomic mass is 19.1. The van der Waals surface area contributed by atoms with Crippen molar-refractivity contribution < 1.29 is 32.9 Å². The molecule has 1 aromatic carbocycles. The summed E-state index contributed by atoms with van der Waals surface area (Å²) in [4.78, 5) is 40.9. The van der Waals surface area contributed by atoms with Crippen LogP contribution in [0.1, 0.15) is 36.0 Å². The molecule has 1 amide bonds. The molecule has 10 nitrogen and oxygen atoms in total. The molecule has 3 atom stereocenters. The van der Waals surface area contributed by atoms with E-state index in [1.54, 1.807) is 17.1 Å². The van der Waals surface area contributed by atoms with E-state index in [4.69, 9.17) is 18.9 Å². The minimum absolute atomic E-state index is 0.00702. The minimum atomic E-state index is -0.428. The standard InChI is InChI=1S/C28H33FN4O6/c1-3-14-37-26-30-27(38-15-4-2)32-28(31-26)39-18-21-17-33(13-16-36-21)25(35)23-8-6-5-7-22(23)24(34)19-9-11-20(29)12-10-19/h3-4,9-12,21-23H,1-2,5-8,13-18H2. The summed E-state index contributed by atoms with van der Waals surface area (Å²) in [5.41, 5.74) is 0.430. The third-order valence-electron chi connectivity index (χ3n) is 6.63. The number of carbonyl (C=O) groups is 2. The highest BCUT2D eigenvalue weighted by Gasteiger charge is 2.39. The Morgan fingerprint density at radius 1 is 0.949 bits per heavy atom. The number of amides is 1. The van der Waals surface area contributed by atoms with Crippen LogP contribution in [0.3, 0.4) is 0 Å². The summed E-state index contributed by atoms with van der Waals surface area (Å²) in [5.74, 6) is -1.43. The van der Waals surface area contributed by atoms with Crippen LogP contribution in [0.15, 0.2) is 49.6 Å². The van der Waals surface area contributed by atoms with Crippen LogP contribution in [-0.4, -0.2) is 77.2 Å². The first-order valence-corrected chi connectivity index (χ1v) is 13.0. The number of morpholine rings is 1. The SMILES string of the molecule is C=CCOc1nc(OCC=C)nc(OCC2CN(C(=O)C3CCCCC3C(=O)c3ccc(F)cc3)CCO2)n1. The highest BCUT2D eigenvalue weighted by Crippen LogP contribution is 2.34. The summed E-state index contributed by atoms with van der Waals surface area (Å²) in [6.07, 6.45) is 5.72. The van der Waals surface area contributed by atoms with Crippen molar-refractivity contribution in [2.24, 2.45) is 11.8 Å². The third kappa shape index (κ3) is 7.60. The van der Waals surface area contributed by atoms with Gasteiger partial charge >= 0.3 is 18.0 Å². The van der Waals surface area contributed by atoms with Crippen molar-refractivity contribution in [3.63, 3.8) is 0 Å². The van der Waals surface area contributed by atoms with E-state index in [1.807, 2.05) is 0 Å². The number of Topliss-reactive ketones (excluding diaryl/α,β-unsaturated/α-hetero) is 1. The van der Waals surface area contributed by atoms with Crippen molar-refractivity contribution >= 4 is 11.7 Å². The first-order valence-electron chi connectivity index (χ1n) is 13.0. The normalized spacial score (nSPS) is 21.1. The summed E-state index contributed by atoms with van der Waals surface area (Å²) in [7, 11) is 0. The molecule has 11 heteroatoms. The number of hydrogen-bond donors (Lipinski definition) is 0. The Bertz CT molecular complexity index is 1130. The number of ether oxygens (including phenoxy) is 4. The molecule has 0 spiro atoms. The summed E-state index contributed by atoms with van der Waals surface area (Å²) >= 11 is 0. The van der Waals surface area contributed by atoms with Crippen LogP contribution >= 0.6 is 0 Å². The maximum absolute atomic E-state index is 13.6. The van der Waals surface area contributed by atoms with Crippen LogP contribution in [-0.2, 0) is 9.53 Å². The molecule has 0 bridgehead atoms. The van der Waals surface area contributed by atoms with E-state index < -0.39 is 23.8 Å². The van der Waals surface area contributed by atoms with Gasteiger partial charge < -0.3 is 23.8 Å². The van der Waals surface area contributed by atoms with Crippen molar-refractivity contribution in [3.05, 3.63) is 61.0 Å². The van der Waals surface area contributed by atoms with E-state index in [1.165, 1.54) is 24.3 Å². The van der Waals surface area contributed by atoms with Gasteiger partial charge in [0.1, 0.15) is 31.7 Å². The van der Waals surface area contributed by atoms with Crippen molar-refractivity contribution in [3.8, 4) is 18.0 Å². The zero-order valence-corrected chi connectivity index (χ0v) is 21.8. The largest absolute Gasteiger partial charge is 0.460 e. The molecule has 39 heavy (non-hydrogen) atoms. The molecule has 4 rings (SSSR count). The van der Waals surface area contributed by atoms with Crippen molar-refractivity contribution in [2.45, 2.75) is 31.8 Å². The molecule has 0 radical (unpaired) electrons. The molecule has 2 fully saturated rings. The van der Waals surface area contributed by atoms with Gasteiger partial charge in [-0.2, -0.15) is 0 Å². The van der Waals surface area contributed by atoms with E-state index in [2.05, 4.69) is 28.1 Å². The Hall–Kier alpha value is -3.86. The molecule has 1 saturated carbocycles. The second-order valence-electron chi connectivity index (χ2n) is 9.34. The van der Waals surface area contributed by atoms with Crippen LogP contribution in [0.25, 0.3) is 0 Å². The first kappa shape index (κ1) is 28.2. The van der Waals surface area contributed by atoms with E-state index in [9.17, 15) is 14.0 Å². The Morgan fingerprint density at radius 2 is 1.54 bits per heavy atom. The number of benzene rings is 1. The molecule has 1 aliphatic heterocycles. The van der Waals surface area contributed by atoms with Gasteiger partial charge in [0.05, 0.1) is 13.2 Å². The number of nitrogens with zero attached hydrogens (tertiary/aromatic N) is 4. The Labute approximate surface area is 226 Å². The lowest BCUT2D eigenvalue weighted by atomic mass is 9.74. The fourth-order valence-corrected chi connectivity index (χ4v) is 4.77. The monoisotopic (exact) mass is 540 g/mol. The average molecular weight is 541 g/mol. The molecule has 2 aromatic rings. The summed E-state index contributed by atoms with van der Waals surface area (Å²) < 4.78 is 35.7. The lowest BCUT2D eigenvalue weighted by Gasteiger charge is -2.38. The van der Waals surface area contributed by atoms with Crippen LogP contribution in [0.4, 0.5) is 4.39 Å². The van der Waals surface area contributed by atoms with Crippen LogP contribution in [0, 0.1) is 17.7 Å². The number of carbonyl (C=O) groups excluding carboxylic acids is 2. The fourth-order valence-electron chi connectivity index (χ4n) is 4.77. The maximum Gasteiger partial charge on any atom is 0.326 e. The van der Waals surface area contributed by atoms with Crippen molar-refractivity contribution in [1.29, 1.82) is 0 Å². The van der Waals surface area contributed by atoms with Gasteiger partial charge in [0.15, 0.2) is 5.78 Å². The minimum Gasteiger partial charge on any atom is -0.460 e. The number of halogens is 1. The Balaban J connectivity index is 1.39. The van der Waals surface area contributed by atoms with Gasteiger partial charge in [0, 0.05) is 23.9 Å². The third-order valence-corrected chi connectivity index (χ3v) is 6.63. The average Bonchev–Trinajstić information content (AvgIpc) is 2.97. The summed E-state index contributed by atoms with van der Waals surface area (Å²) in [5, 5.41) is 0. The lowest BCUT2D eigenvalue weighted by Crippen LogP contribution is -2.51. The number of hydrogen-bond acceptors (Lipinski definition) is 9. The molecule has 1 saturated heterocycles. The van der Waals surface area contributed by atoms with Gasteiger partial charge in [-0.25, -0.2) is 4.39 Å². The highest BCUT2D eigenvalue weighted by molar-refractivity contribution is 6.00. The van der Waals surface area contributed by atoms with Crippen molar-refractivity contribution in [1.82, 2.24) is 19.9 Å². The van der Waals surface area contributed by atoms with Gasteiger partial charge in [0.25, 0.3) is 0 Å². The predicted molar refractivity (Wildman–Crippen MR) is 139 cm³/mol. The molecular formula is C28H33FN4O6. The second kappa shape index (κ2) is 13.8. The smallest absolute Gasteiger partial charge is 0.326 e. The maximum atomic E-state index is 13.6. The van der Waals surface area contributed by atoms with Gasteiger partial charge in [0.2, 0.25) is 5.91 Å². The lowest BCUT2D eigenvalue weighted by molar-refractivity contribution is -0.146. The molecule has 1 aliphatic carbocycles. The predicted octanol–water partition coefficient (Wildman–Crippen LogP) is 3.44.